The summed E-state index contributed by atoms with van der Waals surface area (Å²) in [4.78, 5) is 38.2. The van der Waals surface area contributed by atoms with Crippen LogP contribution in [0.3, 0.4) is 0 Å². The smallest absolute Gasteiger partial charge is 0.294 e. The summed E-state index contributed by atoms with van der Waals surface area (Å²) in [5.74, 6) is 0.137. The van der Waals surface area contributed by atoms with E-state index in [-0.39, 0.29) is 11.4 Å². The van der Waals surface area contributed by atoms with E-state index in [4.69, 9.17) is 4.42 Å². The van der Waals surface area contributed by atoms with Gasteiger partial charge in [-0.15, -0.1) is 0 Å². The molecule has 3 amide bonds. The van der Waals surface area contributed by atoms with Crippen molar-refractivity contribution in [3.05, 3.63) is 81.9 Å². The number of hydrogen-bond donors (Lipinski definition) is 1. The molecule has 0 atom stereocenters. The quantitative estimate of drug-likeness (QED) is 0.493. The van der Waals surface area contributed by atoms with Crippen LogP contribution in [0, 0.1) is 0 Å². The molecule has 150 valence electrons. The minimum Gasteiger partial charge on any atom is -0.457 e. The Morgan fingerprint density at radius 1 is 1.03 bits per heavy atom. The molecule has 8 heteroatoms. The van der Waals surface area contributed by atoms with Gasteiger partial charge in [0.05, 0.1) is 4.91 Å². The van der Waals surface area contributed by atoms with Gasteiger partial charge in [-0.1, -0.05) is 46.3 Å². The molecule has 1 aromatic heterocycles. The molecule has 3 aromatic rings. The molecular weight excluding hydrogens is 468 g/mol. The summed E-state index contributed by atoms with van der Waals surface area (Å²) in [6.45, 7) is -0.348. The number of hydrogen-bond acceptors (Lipinski definition) is 5. The summed E-state index contributed by atoms with van der Waals surface area (Å²) in [7, 11) is 0. The highest BCUT2D eigenvalue weighted by molar-refractivity contribution is 9.10. The van der Waals surface area contributed by atoms with Gasteiger partial charge < -0.3 is 9.73 Å². The Labute approximate surface area is 185 Å². The summed E-state index contributed by atoms with van der Waals surface area (Å²) in [6, 6.07) is 20.0. The summed E-state index contributed by atoms with van der Waals surface area (Å²) >= 11 is 4.17. The lowest BCUT2D eigenvalue weighted by molar-refractivity contribution is -0.127. The van der Waals surface area contributed by atoms with Crippen LogP contribution in [0.5, 0.6) is 0 Å². The number of benzene rings is 2. The van der Waals surface area contributed by atoms with Crippen LogP contribution in [0.15, 0.2) is 80.5 Å². The molecule has 0 unspecified atom stereocenters. The molecule has 2 heterocycles. The van der Waals surface area contributed by atoms with Gasteiger partial charge in [-0.3, -0.25) is 19.3 Å². The zero-order valence-corrected chi connectivity index (χ0v) is 17.9. The Hall–Kier alpha value is -3.10. The highest BCUT2D eigenvalue weighted by Crippen LogP contribution is 2.33. The Balaban J connectivity index is 1.45. The van der Waals surface area contributed by atoms with Crippen molar-refractivity contribution in [1.29, 1.82) is 0 Å². The van der Waals surface area contributed by atoms with Gasteiger partial charge in [0.1, 0.15) is 18.1 Å². The third-order valence-corrected chi connectivity index (χ3v) is 5.70. The molecule has 0 radical (unpaired) electrons. The second-order valence-corrected chi connectivity index (χ2v) is 8.30. The van der Waals surface area contributed by atoms with Crippen molar-refractivity contribution in [3.8, 4) is 11.3 Å². The maximum atomic E-state index is 12.6. The third kappa shape index (κ3) is 4.55. The average Bonchev–Trinajstić information content (AvgIpc) is 3.30. The van der Waals surface area contributed by atoms with Gasteiger partial charge in [0.25, 0.3) is 11.1 Å². The predicted octanol–water partition coefficient (Wildman–Crippen LogP) is 5.38. The van der Waals surface area contributed by atoms with Crippen molar-refractivity contribution in [1.82, 2.24) is 4.90 Å². The molecular formula is C22H15BrN2O4S. The van der Waals surface area contributed by atoms with E-state index in [1.54, 1.807) is 36.4 Å². The van der Waals surface area contributed by atoms with E-state index in [1.807, 2.05) is 30.3 Å². The fourth-order valence-electron chi connectivity index (χ4n) is 2.83. The monoisotopic (exact) mass is 482 g/mol. The van der Waals surface area contributed by atoms with E-state index in [0.717, 1.165) is 26.7 Å². The van der Waals surface area contributed by atoms with Gasteiger partial charge in [0, 0.05) is 21.8 Å². The van der Waals surface area contributed by atoms with E-state index in [2.05, 4.69) is 21.2 Å². The Morgan fingerprint density at radius 2 is 1.77 bits per heavy atom. The highest BCUT2D eigenvalue weighted by atomic mass is 79.9. The zero-order valence-electron chi connectivity index (χ0n) is 15.5. The number of thioether (sulfide) groups is 1. The van der Waals surface area contributed by atoms with Crippen LogP contribution in [-0.4, -0.2) is 28.5 Å². The number of carbonyl (C=O) groups is 3. The number of carbonyl (C=O) groups excluding carboxylic acids is 3. The number of anilines is 1. The van der Waals surface area contributed by atoms with Gasteiger partial charge in [0.2, 0.25) is 5.91 Å². The van der Waals surface area contributed by atoms with Crippen molar-refractivity contribution < 1.29 is 18.8 Å². The van der Waals surface area contributed by atoms with Gasteiger partial charge in [-0.2, -0.15) is 0 Å². The van der Waals surface area contributed by atoms with Gasteiger partial charge in [-0.25, -0.2) is 0 Å². The first-order valence-corrected chi connectivity index (χ1v) is 10.6. The van der Waals surface area contributed by atoms with Gasteiger partial charge >= 0.3 is 0 Å². The molecule has 0 saturated carbocycles. The van der Waals surface area contributed by atoms with Gasteiger partial charge in [-0.05, 0) is 48.2 Å². The second-order valence-electron chi connectivity index (χ2n) is 6.39. The number of nitrogens with zero attached hydrogens (tertiary/aromatic N) is 1. The van der Waals surface area contributed by atoms with Crippen LogP contribution >= 0.6 is 27.7 Å². The number of furan rings is 1. The molecule has 2 aromatic carbocycles. The first kappa shape index (κ1) is 20.2. The molecule has 1 fully saturated rings. The van der Waals surface area contributed by atoms with E-state index in [0.29, 0.717) is 17.2 Å². The molecule has 4 rings (SSSR count). The van der Waals surface area contributed by atoms with E-state index in [9.17, 15) is 14.4 Å². The summed E-state index contributed by atoms with van der Waals surface area (Å²) in [5.41, 5.74) is 1.49. The second kappa shape index (κ2) is 8.73. The lowest BCUT2D eigenvalue weighted by Crippen LogP contribution is -2.36. The Kier molecular flexibility index (Phi) is 5.87. The molecule has 0 aliphatic carbocycles. The zero-order chi connectivity index (χ0) is 21.1. The van der Waals surface area contributed by atoms with Crippen LogP contribution in [0.1, 0.15) is 5.76 Å². The lowest BCUT2D eigenvalue weighted by atomic mass is 10.2. The fourth-order valence-corrected chi connectivity index (χ4v) is 3.91. The first-order valence-electron chi connectivity index (χ1n) is 8.95. The third-order valence-electron chi connectivity index (χ3n) is 4.26. The topological polar surface area (TPSA) is 79.6 Å². The van der Waals surface area contributed by atoms with E-state index >= 15 is 0 Å². The Morgan fingerprint density at radius 3 is 2.50 bits per heavy atom. The summed E-state index contributed by atoms with van der Waals surface area (Å²) in [5, 5.41) is 2.17. The molecule has 6 nitrogen and oxygen atoms in total. The largest absolute Gasteiger partial charge is 0.457 e. The normalized spacial score (nSPS) is 15.1. The van der Waals surface area contributed by atoms with Crippen LogP contribution in [0.4, 0.5) is 10.5 Å². The van der Waals surface area contributed by atoms with Crippen molar-refractivity contribution in [2.75, 3.05) is 11.9 Å². The number of rotatable bonds is 5. The summed E-state index contributed by atoms with van der Waals surface area (Å²) < 4.78 is 6.75. The molecule has 0 bridgehead atoms. The standard InChI is InChI=1S/C22H15BrN2O4S/c23-15-8-6-14(7-9-15)18-11-10-17(29-18)12-19-21(27)25(22(28)30-19)13-20(26)24-16-4-2-1-3-5-16/h1-12H,13H2,(H,24,26)/b19-12+. The van der Waals surface area contributed by atoms with Crippen LogP contribution in [-0.2, 0) is 9.59 Å². The molecule has 1 N–H and O–H groups in total. The molecule has 0 spiro atoms. The molecule has 1 saturated heterocycles. The van der Waals surface area contributed by atoms with E-state index < -0.39 is 17.1 Å². The fraction of sp³-hybridized carbons (Fsp3) is 0.0455. The summed E-state index contributed by atoms with van der Waals surface area (Å²) in [6.07, 6.45) is 1.52. The van der Waals surface area contributed by atoms with E-state index in [1.165, 1.54) is 6.08 Å². The van der Waals surface area contributed by atoms with Crippen LogP contribution in [0.2, 0.25) is 0 Å². The van der Waals surface area contributed by atoms with Crippen LogP contribution < -0.4 is 5.32 Å². The highest BCUT2D eigenvalue weighted by Gasteiger charge is 2.36. The first-order chi connectivity index (χ1) is 14.5. The maximum absolute atomic E-state index is 12.6. The average molecular weight is 483 g/mol. The van der Waals surface area contributed by atoms with Crippen molar-refractivity contribution in [2.24, 2.45) is 0 Å². The molecule has 1 aliphatic heterocycles. The molecule has 30 heavy (non-hydrogen) atoms. The number of amides is 3. The molecule has 1 aliphatic rings. The van der Waals surface area contributed by atoms with Crippen molar-refractivity contribution >= 4 is 56.5 Å². The van der Waals surface area contributed by atoms with Crippen molar-refractivity contribution in [2.45, 2.75) is 0 Å². The number of halogens is 1. The van der Waals surface area contributed by atoms with Gasteiger partial charge in [0.15, 0.2) is 0 Å². The minimum absolute atomic E-state index is 0.212. The SMILES string of the molecule is O=C(CN1C(=O)S/C(=C/c2ccc(-c3ccc(Br)cc3)o2)C1=O)Nc1ccccc1. The maximum Gasteiger partial charge on any atom is 0.294 e. The predicted molar refractivity (Wildman–Crippen MR) is 120 cm³/mol. The van der Waals surface area contributed by atoms with Crippen LogP contribution in [0.25, 0.3) is 17.4 Å². The lowest BCUT2D eigenvalue weighted by Gasteiger charge is -2.12. The number of nitrogens with one attached hydrogen (secondary N) is 1. The minimum atomic E-state index is -0.519. The number of imide groups is 1. The van der Waals surface area contributed by atoms with Crippen molar-refractivity contribution in [3.63, 3.8) is 0 Å². The number of para-hydroxylation sites is 1. The Bertz CT molecular complexity index is 1140.